The molecule has 2 atom stereocenters. The molecule has 1 aliphatic carbocycles. The molecule has 0 bridgehead atoms. The summed E-state index contributed by atoms with van der Waals surface area (Å²) in [6.07, 6.45) is -3.61. The lowest BCUT2D eigenvalue weighted by molar-refractivity contribution is -0.384. The maximum atomic E-state index is 12.9. The maximum absolute atomic E-state index is 12.9. The van der Waals surface area contributed by atoms with Crippen LogP contribution in [-0.4, -0.2) is 31.6 Å². The molecule has 0 spiro atoms. The minimum atomic E-state index is -4.30. The van der Waals surface area contributed by atoms with E-state index in [4.69, 9.17) is 0 Å². The van der Waals surface area contributed by atoms with Crippen LogP contribution in [0.4, 0.5) is 24.5 Å². The van der Waals surface area contributed by atoms with Crippen molar-refractivity contribution in [1.29, 1.82) is 0 Å². The van der Waals surface area contributed by atoms with Gasteiger partial charge in [-0.25, -0.2) is 13.1 Å². The second kappa shape index (κ2) is 8.01. The van der Waals surface area contributed by atoms with Crippen LogP contribution in [0.5, 0.6) is 0 Å². The summed E-state index contributed by atoms with van der Waals surface area (Å²) in [7, 11) is -3.92. The minimum Gasteiger partial charge on any atom is -0.377 e. The van der Waals surface area contributed by atoms with Crippen molar-refractivity contribution < 1.29 is 26.5 Å². The largest absolute Gasteiger partial charge is 0.391 e. The Labute approximate surface area is 155 Å². The lowest BCUT2D eigenvalue weighted by Gasteiger charge is -2.31. The molecule has 152 valence electrons. The summed E-state index contributed by atoms with van der Waals surface area (Å²) < 4.78 is 65.5. The highest BCUT2D eigenvalue weighted by Crippen LogP contribution is 2.39. The third-order valence-corrected chi connectivity index (χ3v) is 6.02. The zero-order chi connectivity index (χ0) is 20.4. The second-order valence-corrected chi connectivity index (χ2v) is 8.67. The standard InChI is InChI=1S/C16H22F3N3O4S/c1-10(2)21-27(25,26)13-6-7-14(15(9-13)22(23)24)20-12-5-3-4-11(8-12)16(17,18)19/h6-7,9-12,20-21H,3-5,8H2,1-2H3/t11-,12+/m0/s1. The Hall–Kier alpha value is -1.88. The number of nitro groups is 1. The van der Waals surface area contributed by atoms with E-state index in [1.807, 2.05) is 0 Å². The summed E-state index contributed by atoms with van der Waals surface area (Å²) in [6, 6.07) is 2.37. The Balaban J connectivity index is 2.26. The number of alkyl halides is 3. The molecule has 0 saturated heterocycles. The van der Waals surface area contributed by atoms with Gasteiger partial charge in [-0.1, -0.05) is 6.42 Å². The van der Waals surface area contributed by atoms with E-state index >= 15 is 0 Å². The highest BCUT2D eigenvalue weighted by atomic mass is 32.2. The quantitative estimate of drug-likeness (QED) is 0.549. The number of nitrogens with one attached hydrogen (secondary N) is 2. The summed E-state index contributed by atoms with van der Waals surface area (Å²) in [6.45, 7) is 3.23. The van der Waals surface area contributed by atoms with Gasteiger partial charge in [0.15, 0.2) is 0 Å². The highest BCUT2D eigenvalue weighted by Gasteiger charge is 2.42. The molecule has 0 unspecified atom stereocenters. The number of hydrogen-bond donors (Lipinski definition) is 2. The molecular weight excluding hydrogens is 387 g/mol. The van der Waals surface area contributed by atoms with E-state index in [0.29, 0.717) is 12.8 Å². The number of benzene rings is 1. The third-order valence-electron chi connectivity index (χ3n) is 4.36. The van der Waals surface area contributed by atoms with Crippen molar-refractivity contribution in [3.63, 3.8) is 0 Å². The van der Waals surface area contributed by atoms with E-state index in [-0.39, 0.29) is 23.4 Å². The molecular formula is C16H22F3N3O4S. The monoisotopic (exact) mass is 409 g/mol. The number of hydrogen-bond acceptors (Lipinski definition) is 5. The van der Waals surface area contributed by atoms with Crippen LogP contribution in [0, 0.1) is 16.0 Å². The molecule has 0 aromatic heterocycles. The van der Waals surface area contributed by atoms with Crippen molar-refractivity contribution in [2.45, 2.75) is 62.7 Å². The summed E-state index contributed by atoms with van der Waals surface area (Å²) >= 11 is 0. The zero-order valence-corrected chi connectivity index (χ0v) is 15.7. The number of anilines is 1. The van der Waals surface area contributed by atoms with E-state index < -0.39 is 44.8 Å². The average Bonchev–Trinajstić information content (AvgIpc) is 2.53. The minimum absolute atomic E-state index is 0.0105. The first kappa shape index (κ1) is 21.4. The van der Waals surface area contributed by atoms with Crippen LogP contribution in [0.1, 0.15) is 39.5 Å². The van der Waals surface area contributed by atoms with Crippen LogP contribution in [0.15, 0.2) is 23.1 Å². The Bertz CT molecular complexity index is 797. The predicted molar refractivity (Wildman–Crippen MR) is 94.0 cm³/mol. The first-order valence-corrected chi connectivity index (χ1v) is 10.0. The van der Waals surface area contributed by atoms with Gasteiger partial charge in [-0.2, -0.15) is 13.2 Å². The van der Waals surface area contributed by atoms with Gasteiger partial charge < -0.3 is 5.32 Å². The number of halogens is 3. The Morgan fingerprint density at radius 1 is 1.26 bits per heavy atom. The molecule has 27 heavy (non-hydrogen) atoms. The summed E-state index contributed by atoms with van der Waals surface area (Å²) in [5.74, 6) is -1.45. The lowest BCUT2D eigenvalue weighted by atomic mass is 9.85. The summed E-state index contributed by atoms with van der Waals surface area (Å²) in [5.41, 5.74) is -0.480. The predicted octanol–water partition coefficient (Wildman–Crippen LogP) is 3.81. The Kier molecular flexibility index (Phi) is 6.35. The van der Waals surface area contributed by atoms with Gasteiger partial charge in [0, 0.05) is 18.2 Å². The first-order valence-electron chi connectivity index (χ1n) is 8.54. The highest BCUT2D eigenvalue weighted by molar-refractivity contribution is 7.89. The number of nitro benzene ring substituents is 1. The van der Waals surface area contributed by atoms with E-state index in [0.717, 1.165) is 6.07 Å². The Morgan fingerprint density at radius 2 is 1.93 bits per heavy atom. The fourth-order valence-corrected chi connectivity index (χ4v) is 4.44. The van der Waals surface area contributed by atoms with Crippen molar-refractivity contribution in [1.82, 2.24) is 4.72 Å². The fourth-order valence-electron chi connectivity index (χ4n) is 3.17. The van der Waals surface area contributed by atoms with Gasteiger partial charge in [0.2, 0.25) is 10.0 Å². The SMILES string of the molecule is CC(C)NS(=O)(=O)c1ccc(N[C@@H]2CCC[C@H](C(F)(F)F)C2)c([N+](=O)[O-])c1. The van der Waals surface area contributed by atoms with Crippen molar-refractivity contribution >= 4 is 21.4 Å². The van der Waals surface area contributed by atoms with Gasteiger partial charge in [-0.15, -0.1) is 0 Å². The maximum Gasteiger partial charge on any atom is 0.391 e. The zero-order valence-electron chi connectivity index (χ0n) is 14.9. The smallest absolute Gasteiger partial charge is 0.377 e. The van der Waals surface area contributed by atoms with Crippen LogP contribution < -0.4 is 10.0 Å². The van der Waals surface area contributed by atoms with Gasteiger partial charge in [0.1, 0.15) is 5.69 Å². The third kappa shape index (κ3) is 5.55. The molecule has 1 fully saturated rings. The number of sulfonamides is 1. The Morgan fingerprint density at radius 3 is 2.48 bits per heavy atom. The molecule has 2 N–H and O–H groups in total. The fraction of sp³-hybridized carbons (Fsp3) is 0.625. The lowest BCUT2D eigenvalue weighted by Crippen LogP contribution is -2.34. The molecule has 1 aliphatic rings. The molecule has 0 heterocycles. The van der Waals surface area contributed by atoms with Crippen LogP contribution in [0.25, 0.3) is 0 Å². The number of rotatable bonds is 6. The average molecular weight is 409 g/mol. The number of nitrogens with zero attached hydrogens (tertiary/aromatic N) is 1. The molecule has 0 radical (unpaired) electrons. The van der Waals surface area contributed by atoms with Gasteiger partial charge in [-0.3, -0.25) is 10.1 Å². The first-order chi connectivity index (χ1) is 12.4. The topological polar surface area (TPSA) is 101 Å². The molecule has 11 heteroatoms. The van der Waals surface area contributed by atoms with Crippen molar-refractivity contribution in [2.75, 3.05) is 5.32 Å². The van der Waals surface area contributed by atoms with Crippen LogP contribution in [-0.2, 0) is 10.0 Å². The molecule has 0 amide bonds. The molecule has 0 aliphatic heterocycles. The molecule has 2 rings (SSSR count). The van der Waals surface area contributed by atoms with Crippen LogP contribution in [0.2, 0.25) is 0 Å². The van der Waals surface area contributed by atoms with Crippen LogP contribution in [0.3, 0.4) is 0 Å². The van der Waals surface area contributed by atoms with Gasteiger partial charge >= 0.3 is 6.18 Å². The molecule has 1 aromatic carbocycles. The van der Waals surface area contributed by atoms with E-state index in [1.54, 1.807) is 13.8 Å². The van der Waals surface area contributed by atoms with Crippen molar-refractivity contribution in [3.05, 3.63) is 28.3 Å². The van der Waals surface area contributed by atoms with Gasteiger partial charge in [0.25, 0.3) is 5.69 Å². The molecule has 7 nitrogen and oxygen atoms in total. The summed E-state index contributed by atoms with van der Waals surface area (Å²) in [5, 5.41) is 14.2. The molecule has 1 saturated carbocycles. The van der Waals surface area contributed by atoms with Gasteiger partial charge in [-0.05, 0) is 45.2 Å². The van der Waals surface area contributed by atoms with E-state index in [2.05, 4.69) is 10.0 Å². The van der Waals surface area contributed by atoms with Gasteiger partial charge in [0.05, 0.1) is 15.7 Å². The second-order valence-electron chi connectivity index (χ2n) is 6.96. The summed E-state index contributed by atoms with van der Waals surface area (Å²) in [4.78, 5) is 10.3. The van der Waals surface area contributed by atoms with Crippen molar-refractivity contribution in [3.8, 4) is 0 Å². The van der Waals surface area contributed by atoms with Crippen LogP contribution >= 0.6 is 0 Å². The van der Waals surface area contributed by atoms with E-state index in [1.165, 1.54) is 12.1 Å². The normalized spacial score (nSPS) is 21.3. The van der Waals surface area contributed by atoms with Crippen molar-refractivity contribution in [2.24, 2.45) is 5.92 Å². The molecule has 1 aromatic rings. The van der Waals surface area contributed by atoms with E-state index in [9.17, 15) is 31.7 Å².